The highest BCUT2D eigenvalue weighted by Gasteiger charge is 2.11. The molecule has 2 heteroatoms. The molecule has 0 aliphatic heterocycles. The third-order valence-corrected chi connectivity index (χ3v) is 3.34. The van der Waals surface area contributed by atoms with Crippen molar-refractivity contribution in [3.05, 3.63) is 22.6 Å². The van der Waals surface area contributed by atoms with Crippen LogP contribution in [0.5, 0.6) is 0 Å². The van der Waals surface area contributed by atoms with Gasteiger partial charge in [-0.25, -0.2) is 4.98 Å². The molecule has 1 heterocycles. The summed E-state index contributed by atoms with van der Waals surface area (Å²) in [6, 6.07) is 0. The monoisotopic (exact) mass is 216 g/mol. The van der Waals surface area contributed by atoms with Crippen LogP contribution in [-0.4, -0.2) is 9.97 Å². The molecule has 2 rings (SSSR count). The molecule has 0 radical (unpaired) electrons. The number of hydrogen-bond donors (Lipinski definition) is 0. The molecule has 2 atom stereocenters. The van der Waals surface area contributed by atoms with Crippen molar-refractivity contribution in [2.45, 2.75) is 40.0 Å². The molecule has 2 nitrogen and oxygen atoms in total. The average Bonchev–Trinajstić information content (AvgIpc) is 2.28. The quantitative estimate of drug-likeness (QED) is 0.768. The van der Waals surface area contributed by atoms with E-state index < -0.39 is 0 Å². The first-order valence-corrected chi connectivity index (χ1v) is 6.26. The van der Waals surface area contributed by atoms with Gasteiger partial charge in [0.25, 0.3) is 0 Å². The molecule has 0 N–H and O–H groups in total. The largest absolute Gasteiger partial charge is 0.253 e. The van der Waals surface area contributed by atoms with Gasteiger partial charge in [-0.05, 0) is 24.7 Å². The van der Waals surface area contributed by atoms with Gasteiger partial charge in [-0.1, -0.05) is 39.3 Å². The van der Waals surface area contributed by atoms with Gasteiger partial charge in [0.05, 0.1) is 16.4 Å². The second kappa shape index (κ2) is 4.77. The zero-order chi connectivity index (χ0) is 11.5. The lowest BCUT2D eigenvalue weighted by Crippen LogP contribution is -2.37. The first-order chi connectivity index (χ1) is 7.70. The van der Waals surface area contributed by atoms with E-state index in [4.69, 9.17) is 0 Å². The first-order valence-electron chi connectivity index (χ1n) is 6.26. The predicted molar refractivity (Wildman–Crippen MR) is 67.2 cm³/mol. The Labute approximate surface area is 97.1 Å². The van der Waals surface area contributed by atoms with E-state index >= 15 is 0 Å². The van der Waals surface area contributed by atoms with Gasteiger partial charge in [-0.15, -0.1) is 0 Å². The van der Waals surface area contributed by atoms with Gasteiger partial charge < -0.3 is 0 Å². The summed E-state index contributed by atoms with van der Waals surface area (Å²) in [5, 5.41) is 2.14. The Kier molecular flexibility index (Phi) is 3.37. The van der Waals surface area contributed by atoms with E-state index in [0.29, 0.717) is 11.8 Å². The Morgan fingerprint density at radius 2 is 1.81 bits per heavy atom. The Bertz CT molecular complexity index is 476. The van der Waals surface area contributed by atoms with Crippen molar-refractivity contribution in [1.29, 1.82) is 0 Å². The van der Waals surface area contributed by atoms with Crippen molar-refractivity contribution in [2.75, 3.05) is 0 Å². The second-order valence-corrected chi connectivity index (χ2v) is 4.79. The summed E-state index contributed by atoms with van der Waals surface area (Å²) in [7, 11) is 0. The Balaban J connectivity index is 2.36. The summed E-state index contributed by atoms with van der Waals surface area (Å²) < 4.78 is 0. The lowest BCUT2D eigenvalue weighted by molar-refractivity contribution is 0.602. The van der Waals surface area contributed by atoms with E-state index in [9.17, 15) is 0 Å². The van der Waals surface area contributed by atoms with Gasteiger partial charge in [0.1, 0.15) is 0 Å². The molecule has 0 spiro atoms. The van der Waals surface area contributed by atoms with Crippen molar-refractivity contribution < 1.29 is 0 Å². The second-order valence-electron chi connectivity index (χ2n) is 4.79. The molecule has 0 amide bonds. The van der Waals surface area contributed by atoms with Crippen LogP contribution in [0, 0.1) is 11.8 Å². The number of unbranched alkanes of at least 4 members (excludes halogenated alkanes) is 1. The third-order valence-electron chi connectivity index (χ3n) is 3.34. The summed E-state index contributed by atoms with van der Waals surface area (Å²) in [5.74, 6) is 1.14. The molecule has 1 aromatic rings. The van der Waals surface area contributed by atoms with Crippen LogP contribution in [0.25, 0.3) is 12.2 Å². The highest BCUT2D eigenvalue weighted by molar-refractivity contribution is 5.38. The van der Waals surface area contributed by atoms with E-state index in [1.165, 1.54) is 12.8 Å². The van der Waals surface area contributed by atoms with Gasteiger partial charge in [0, 0.05) is 6.20 Å². The molecular formula is C14H20N2. The predicted octanol–water partition coefficient (Wildman–Crippen LogP) is 1.67. The van der Waals surface area contributed by atoms with E-state index in [1.807, 2.05) is 6.20 Å². The van der Waals surface area contributed by atoms with E-state index in [1.54, 1.807) is 0 Å². The smallest absolute Gasteiger partial charge is 0.0850 e. The molecular weight excluding hydrogens is 196 g/mol. The Morgan fingerprint density at radius 1 is 1.12 bits per heavy atom. The fraction of sp³-hybridized carbons (Fsp3) is 0.571. The minimum absolute atomic E-state index is 0.572. The number of fused-ring (bicyclic) bond motifs is 1. The number of nitrogens with zero attached hydrogens (tertiary/aromatic N) is 2. The highest BCUT2D eigenvalue weighted by atomic mass is 14.8. The summed E-state index contributed by atoms with van der Waals surface area (Å²) in [4.78, 5) is 9.19. The van der Waals surface area contributed by atoms with Crippen LogP contribution in [0.3, 0.4) is 0 Å². The Hall–Kier alpha value is -1.18. The summed E-state index contributed by atoms with van der Waals surface area (Å²) in [5.41, 5.74) is 1.13. The standard InChI is InChI=1S/C14H20N2/c1-4-5-6-12-9-15-13-7-10(2)11(3)8-14(13)16-12/h7-11H,4-6H2,1-3H3. The van der Waals surface area contributed by atoms with Crippen LogP contribution < -0.4 is 10.7 Å². The fourth-order valence-corrected chi connectivity index (χ4v) is 1.98. The molecule has 86 valence electrons. The topological polar surface area (TPSA) is 25.8 Å². The van der Waals surface area contributed by atoms with E-state index in [0.717, 1.165) is 22.8 Å². The maximum atomic E-state index is 4.69. The van der Waals surface area contributed by atoms with Crippen LogP contribution in [0.15, 0.2) is 6.20 Å². The van der Waals surface area contributed by atoms with Crippen molar-refractivity contribution in [1.82, 2.24) is 9.97 Å². The third kappa shape index (κ3) is 2.31. The van der Waals surface area contributed by atoms with Crippen LogP contribution in [0.1, 0.15) is 39.3 Å². The van der Waals surface area contributed by atoms with Gasteiger partial charge >= 0.3 is 0 Å². The molecule has 0 saturated carbocycles. The van der Waals surface area contributed by atoms with Crippen LogP contribution >= 0.6 is 0 Å². The SMILES string of the molecule is CCCCc1cnc2c(n1)=CC(C)C(C)C=2. The number of aromatic nitrogens is 2. The minimum Gasteiger partial charge on any atom is -0.253 e. The molecule has 0 saturated heterocycles. The average molecular weight is 216 g/mol. The molecule has 1 aliphatic rings. The van der Waals surface area contributed by atoms with Gasteiger partial charge in [-0.3, -0.25) is 4.98 Å². The molecule has 0 fully saturated rings. The van der Waals surface area contributed by atoms with Crippen molar-refractivity contribution >= 4 is 12.2 Å². The zero-order valence-electron chi connectivity index (χ0n) is 10.4. The highest BCUT2D eigenvalue weighted by Crippen LogP contribution is 2.14. The Morgan fingerprint density at radius 3 is 2.50 bits per heavy atom. The number of hydrogen-bond acceptors (Lipinski definition) is 2. The maximum absolute atomic E-state index is 4.69. The van der Waals surface area contributed by atoms with Crippen molar-refractivity contribution in [3.8, 4) is 0 Å². The molecule has 1 aromatic heterocycles. The molecule has 0 bridgehead atoms. The lowest BCUT2D eigenvalue weighted by Gasteiger charge is -2.15. The molecule has 16 heavy (non-hydrogen) atoms. The fourth-order valence-electron chi connectivity index (χ4n) is 1.98. The number of rotatable bonds is 3. The van der Waals surface area contributed by atoms with Crippen molar-refractivity contribution in [3.63, 3.8) is 0 Å². The normalized spacial score (nSPS) is 23.2. The van der Waals surface area contributed by atoms with Gasteiger partial charge in [0.15, 0.2) is 0 Å². The molecule has 2 unspecified atom stereocenters. The number of aryl methyl sites for hydroxylation is 1. The summed E-state index contributed by atoms with van der Waals surface area (Å²) in [6.07, 6.45) is 9.88. The zero-order valence-corrected chi connectivity index (χ0v) is 10.4. The maximum Gasteiger partial charge on any atom is 0.0850 e. The van der Waals surface area contributed by atoms with E-state index in [-0.39, 0.29) is 0 Å². The van der Waals surface area contributed by atoms with Gasteiger partial charge in [0.2, 0.25) is 0 Å². The van der Waals surface area contributed by atoms with Crippen LogP contribution in [-0.2, 0) is 6.42 Å². The molecule has 0 aromatic carbocycles. The van der Waals surface area contributed by atoms with Crippen molar-refractivity contribution in [2.24, 2.45) is 11.8 Å². The molecule has 1 aliphatic carbocycles. The first kappa shape index (κ1) is 11.3. The summed E-state index contributed by atoms with van der Waals surface area (Å²) in [6.45, 7) is 6.68. The minimum atomic E-state index is 0.572. The van der Waals surface area contributed by atoms with Crippen LogP contribution in [0.4, 0.5) is 0 Å². The lowest BCUT2D eigenvalue weighted by atomic mass is 9.92. The van der Waals surface area contributed by atoms with Crippen LogP contribution in [0.2, 0.25) is 0 Å². The van der Waals surface area contributed by atoms with E-state index in [2.05, 4.69) is 42.9 Å². The van der Waals surface area contributed by atoms with Gasteiger partial charge in [-0.2, -0.15) is 0 Å². The summed E-state index contributed by atoms with van der Waals surface area (Å²) >= 11 is 0.